The normalized spacial score (nSPS) is 17.0. The van der Waals surface area contributed by atoms with Crippen molar-refractivity contribution < 1.29 is 14.7 Å². The van der Waals surface area contributed by atoms with Crippen molar-refractivity contribution in [2.45, 2.75) is 45.6 Å². The molecule has 6 nitrogen and oxygen atoms in total. The van der Waals surface area contributed by atoms with Gasteiger partial charge in [-0.1, -0.05) is 24.6 Å². The fourth-order valence-electron chi connectivity index (χ4n) is 3.47. The summed E-state index contributed by atoms with van der Waals surface area (Å²) < 4.78 is 1.80. The number of aliphatic carboxylic acids is 1. The number of carboxylic acids is 1. The minimum Gasteiger partial charge on any atom is -0.481 e. The average Bonchev–Trinajstić information content (AvgIpc) is 3.21. The smallest absolute Gasteiger partial charge is 0.305 e. The average molecular weight is 341 g/mol. The Hall–Kier alpha value is -2.63. The van der Waals surface area contributed by atoms with E-state index in [0.29, 0.717) is 18.5 Å². The zero-order valence-corrected chi connectivity index (χ0v) is 14.6. The van der Waals surface area contributed by atoms with Crippen LogP contribution in [0.15, 0.2) is 30.5 Å². The number of aromatic nitrogens is 2. The molecular formula is C19H23N3O3. The van der Waals surface area contributed by atoms with E-state index in [-0.39, 0.29) is 18.4 Å². The number of carbonyl (C=O) groups is 2. The third kappa shape index (κ3) is 3.43. The van der Waals surface area contributed by atoms with Gasteiger partial charge < -0.3 is 10.0 Å². The lowest BCUT2D eigenvalue weighted by Crippen LogP contribution is -2.37. The summed E-state index contributed by atoms with van der Waals surface area (Å²) in [6.45, 7) is 4.63. The van der Waals surface area contributed by atoms with E-state index in [1.807, 2.05) is 38.1 Å². The van der Waals surface area contributed by atoms with Gasteiger partial charge >= 0.3 is 5.97 Å². The molecule has 0 saturated carbocycles. The van der Waals surface area contributed by atoms with E-state index in [2.05, 4.69) is 5.10 Å². The Bertz CT molecular complexity index is 780. The lowest BCUT2D eigenvalue weighted by molar-refractivity contribution is -0.137. The molecule has 0 radical (unpaired) electrons. The maximum Gasteiger partial charge on any atom is 0.305 e. The van der Waals surface area contributed by atoms with Crippen molar-refractivity contribution in [3.8, 4) is 5.69 Å². The van der Waals surface area contributed by atoms with Crippen LogP contribution in [0.4, 0.5) is 0 Å². The SMILES string of the molecule is CCc1c(C(=O)N2CCCC2CC(=O)O)cnn1-c1ccc(C)cc1. The van der Waals surface area contributed by atoms with Crippen LogP contribution in [0.3, 0.4) is 0 Å². The molecule has 2 aromatic rings. The van der Waals surface area contributed by atoms with Gasteiger partial charge in [-0.3, -0.25) is 9.59 Å². The summed E-state index contributed by atoms with van der Waals surface area (Å²) in [6.07, 6.45) is 3.87. The third-order valence-electron chi connectivity index (χ3n) is 4.76. The largest absolute Gasteiger partial charge is 0.481 e. The summed E-state index contributed by atoms with van der Waals surface area (Å²) in [4.78, 5) is 25.7. The lowest BCUT2D eigenvalue weighted by Gasteiger charge is -2.23. The number of nitrogens with zero attached hydrogens (tertiary/aromatic N) is 3. The molecule has 3 rings (SSSR count). The highest BCUT2D eigenvalue weighted by molar-refractivity contribution is 5.96. The standard InChI is InChI=1S/C19H23N3O3/c1-3-17-16(12-20-22(17)14-8-6-13(2)7-9-14)19(25)21-10-4-5-15(21)11-18(23)24/h6-9,12,15H,3-5,10-11H2,1-2H3,(H,23,24). The Morgan fingerprint density at radius 2 is 2.00 bits per heavy atom. The number of rotatable bonds is 5. The van der Waals surface area contributed by atoms with Crippen LogP contribution in [-0.2, 0) is 11.2 Å². The van der Waals surface area contributed by atoms with Crippen LogP contribution in [0, 0.1) is 6.92 Å². The molecule has 1 amide bonds. The molecule has 0 bridgehead atoms. The van der Waals surface area contributed by atoms with Gasteiger partial charge in [0.15, 0.2) is 0 Å². The molecule has 2 heterocycles. The van der Waals surface area contributed by atoms with Crippen LogP contribution in [0.25, 0.3) is 5.69 Å². The summed E-state index contributed by atoms with van der Waals surface area (Å²) in [5.74, 6) is -0.977. The summed E-state index contributed by atoms with van der Waals surface area (Å²) in [6, 6.07) is 7.78. The second-order valence-corrected chi connectivity index (χ2v) is 6.50. The monoisotopic (exact) mass is 341 g/mol. The molecule has 132 valence electrons. The van der Waals surface area contributed by atoms with Crippen LogP contribution in [0.1, 0.15) is 47.8 Å². The molecule has 1 aromatic heterocycles. The maximum atomic E-state index is 13.0. The van der Waals surface area contributed by atoms with Gasteiger partial charge in [-0.05, 0) is 38.3 Å². The quantitative estimate of drug-likeness (QED) is 0.907. The maximum absolute atomic E-state index is 13.0. The van der Waals surface area contributed by atoms with Crippen molar-refractivity contribution in [1.29, 1.82) is 0 Å². The van der Waals surface area contributed by atoms with Gasteiger partial charge in [-0.15, -0.1) is 0 Å². The highest BCUT2D eigenvalue weighted by Crippen LogP contribution is 2.25. The molecule has 0 spiro atoms. The van der Waals surface area contributed by atoms with Crippen molar-refractivity contribution >= 4 is 11.9 Å². The molecule has 1 aromatic carbocycles. The van der Waals surface area contributed by atoms with Crippen molar-refractivity contribution in [3.05, 3.63) is 47.3 Å². The second-order valence-electron chi connectivity index (χ2n) is 6.50. The summed E-state index contributed by atoms with van der Waals surface area (Å²) in [7, 11) is 0. The van der Waals surface area contributed by atoms with Gasteiger partial charge in [0, 0.05) is 12.6 Å². The van der Waals surface area contributed by atoms with Crippen molar-refractivity contribution in [1.82, 2.24) is 14.7 Å². The minimum atomic E-state index is -0.865. The molecule has 0 aliphatic carbocycles. The molecule has 1 unspecified atom stereocenters. The van der Waals surface area contributed by atoms with Crippen molar-refractivity contribution in [2.24, 2.45) is 0 Å². The molecule has 1 aliphatic rings. The molecule has 1 aliphatic heterocycles. The number of likely N-dealkylation sites (tertiary alicyclic amines) is 1. The first-order chi connectivity index (χ1) is 12.0. The number of carboxylic acid groups (broad SMARTS) is 1. The van der Waals surface area contributed by atoms with Crippen molar-refractivity contribution in [3.63, 3.8) is 0 Å². The van der Waals surface area contributed by atoms with Gasteiger partial charge in [-0.25, -0.2) is 4.68 Å². The number of hydrogen-bond donors (Lipinski definition) is 1. The van der Waals surface area contributed by atoms with E-state index in [0.717, 1.165) is 24.2 Å². The van der Waals surface area contributed by atoms with E-state index in [1.54, 1.807) is 15.8 Å². The third-order valence-corrected chi connectivity index (χ3v) is 4.76. The van der Waals surface area contributed by atoms with E-state index in [4.69, 9.17) is 5.11 Å². The Kier molecular flexibility index (Phi) is 4.88. The molecule has 1 saturated heterocycles. The Balaban J connectivity index is 1.91. The first-order valence-electron chi connectivity index (χ1n) is 8.68. The predicted octanol–water partition coefficient (Wildman–Crippen LogP) is 2.82. The fraction of sp³-hybridized carbons (Fsp3) is 0.421. The number of aryl methyl sites for hydroxylation is 1. The molecule has 6 heteroatoms. The van der Waals surface area contributed by atoms with E-state index < -0.39 is 5.97 Å². The zero-order valence-electron chi connectivity index (χ0n) is 14.6. The van der Waals surface area contributed by atoms with Crippen molar-refractivity contribution in [2.75, 3.05) is 6.54 Å². The summed E-state index contributed by atoms with van der Waals surface area (Å²) >= 11 is 0. The van der Waals surface area contributed by atoms with Gasteiger partial charge in [0.05, 0.1) is 29.6 Å². The first-order valence-corrected chi connectivity index (χ1v) is 8.68. The molecule has 1 N–H and O–H groups in total. The molecular weight excluding hydrogens is 318 g/mol. The summed E-state index contributed by atoms with van der Waals surface area (Å²) in [5, 5.41) is 13.5. The second kappa shape index (κ2) is 7.09. The van der Waals surface area contributed by atoms with Crippen LogP contribution in [0.2, 0.25) is 0 Å². The number of amides is 1. The van der Waals surface area contributed by atoms with E-state index >= 15 is 0 Å². The minimum absolute atomic E-state index is 0.000697. The number of hydrogen-bond acceptors (Lipinski definition) is 3. The predicted molar refractivity (Wildman–Crippen MR) is 94.0 cm³/mol. The molecule has 1 fully saturated rings. The van der Waals surface area contributed by atoms with Crippen LogP contribution >= 0.6 is 0 Å². The van der Waals surface area contributed by atoms with E-state index in [1.165, 1.54) is 5.56 Å². The lowest BCUT2D eigenvalue weighted by atomic mass is 10.1. The zero-order chi connectivity index (χ0) is 18.0. The summed E-state index contributed by atoms with van der Waals surface area (Å²) in [5.41, 5.74) is 3.51. The fourth-order valence-corrected chi connectivity index (χ4v) is 3.47. The van der Waals surface area contributed by atoms with Gasteiger partial charge in [0.2, 0.25) is 0 Å². The Morgan fingerprint density at radius 3 is 2.64 bits per heavy atom. The Labute approximate surface area is 147 Å². The number of benzene rings is 1. The van der Waals surface area contributed by atoms with Crippen LogP contribution < -0.4 is 0 Å². The van der Waals surface area contributed by atoms with Gasteiger partial charge in [0.25, 0.3) is 5.91 Å². The van der Waals surface area contributed by atoms with Crippen LogP contribution in [-0.4, -0.2) is 44.3 Å². The molecule has 1 atom stereocenters. The van der Waals surface area contributed by atoms with Crippen LogP contribution in [0.5, 0.6) is 0 Å². The highest BCUT2D eigenvalue weighted by atomic mass is 16.4. The molecule has 25 heavy (non-hydrogen) atoms. The van der Waals surface area contributed by atoms with E-state index in [9.17, 15) is 9.59 Å². The Morgan fingerprint density at radius 1 is 1.28 bits per heavy atom. The topological polar surface area (TPSA) is 75.4 Å². The van der Waals surface area contributed by atoms with Gasteiger partial charge in [0.1, 0.15) is 0 Å². The van der Waals surface area contributed by atoms with Gasteiger partial charge in [-0.2, -0.15) is 5.10 Å². The first kappa shape index (κ1) is 17.2. The number of carbonyl (C=O) groups excluding carboxylic acids is 1. The highest BCUT2D eigenvalue weighted by Gasteiger charge is 2.32.